The molecule has 8 heteroatoms. The van der Waals surface area contributed by atoms with Crippen LogP contribution in [0.2, 0.25) is 0 Å². The van der Waals surface area contributed by atoms with Crippen LogP contribution in [-0.2, 0) is 11.3 Å². The van der Waals surface area contributed by atoms with Crippen LogP contribution in [0.25, 0.3) is 0 Å². The summed E-state index contributed by atoms with van der Waals surface area (Å²) in [7, 11) is 0. The molecule has 1 aromatic heterocycles. The Kier molecular flexibility index (Phi) is 5.89. The van der Waals surface area contributed by atoms with E-state index in [9.17, 15) is 14.9 Å². The number of benzene rings is 1. The van der Waals surface area contributed by atoms with Crippen molar-refractivity contribution in [3.8, 4) is 5.75 Å². The Labute approximate surface area is 145 Å². The van der Waals surface area contributed by atoms with Gasteiger partial charge in [0.25, 0.3) is 5.91 Å². The molecular weight excluding hydrogens is 324 g/mol. The standard InChI is InChI=1S/C17H20N4O4/c1-4-20-12(2)9-14(13(20)3)10-18-19-17(22)11-25-16-8-6-5-7-15(16)21(23)24/h5-10H,4,11H2,1-3H3,(H,19,22)/b18-10+. The van der Waals surface area contributed by atoms with Gasteiger partial charge in [-0.3, -0.25) is 14.9 Å². The lowest BCUT2D eigenvalue weighted by atomic mass is 10.3. The lowest BCUT2D eigenvalue weighted by Crippen LogP contribution is -2.24. The maximum atomic E-state index is 11.8. The smallest absolute Gasteiger partial charge is 0.310 e. The summed E-state index contributed by atoms with van der Waals surface area (Å²) >= 11 is 0. The molecule has 0 aliphatic rings. The van der Waals surface area contributed by atoms with Crippen LogP contribution in [0, 0.1) is 24.0 Å². The topological polar surface area (TPSA) is 98.8 Å². The first-order valence-electron chi connectivity index (χ1n) is 7.78. The highest BCUT2D eigenvalue weighted by Crippen LogP contribution is 2.25. The number of hydrazone groups is 1. The molecule has 0 atom stereocenters. The first kappa shape index (κ1) is 18.2. The lowest BCUT2D eigenvalue weighted by Gasteiger charge is -2.05. The number of hydrogen-bond acceptors (Lipinski definition) is 5. The molecule has 0 saturated carbocycles. The summed E-state index contributed by atoms with van der Waals surface area (Å²) in [5.41, 5.74) is 5.26. The van der Waals surface area contributed by atoms with Crippen LogP contribution in [0.4, 0.5) is 5.69 Å². The number of para-hydroxylation sites is 2. The van der Waals surface area contributed by atoms with E-state index in [0.717, 1.165) is 23.5 Å². The van der Waals surface area contributed by atoms with Crippen LogP contribution < -0.4 is 10.2 Å². The predicted octanol–water partition coefficient (Wildman–Crippen LogP) is 2.56. The maximum absolute atomic E-state index is 11.8. The van der Waals surface area contributed by atoms with E-state index in [0.29, 0.717) is 0 Å². The van der Waals surface area contributed by atoms with E-state index in [1.807, 2.05) is 19.9 Å². The molecule has 0 aliphatic heterocycles. The van der Waals surface area contributed by atoms with E-state index in [-0.39, 0.29) is 18.0 Å². The molecule has 2 aromatic rings. The Morgan fingerprint density at radius 2 is 2.12 bits per heavy atom. The van der Waals surface area contributed by atoms with Crippen molar-refractivity contribution in [1.82, 2.24) is 9.99 Å². The number of nitrogens with zero attached hydrogens (tertiary/aromatic N) is 3. The summed E-state index contributed by atoms with van der Waals surface area (Å²) < 4.78 is 7.34. The number of rotatable bonds is 7. The zero-order valence-corrected chi connectivity index (χ0v) is 14.4. The van der Waals surface area contributed by atoms with Gasteiger partial charge < -0.3 is 9.30 Å². The first-order valence-corrected chi connectivity index (χ1v) is 7.78. The molecule has 132 valence electrons. The maximum Gasteiger partial charge on any atom is 0.310 e. The third kappa shape index (κ3) is 4.43. The third-order valence-electron chi connectivity index (χ3n) is 3.74. The molecule has 1 amide bonds. The Morgan fingerprint density at radius 1 is 1.40 bits per heavy atom. The second-order valence-corrected chi connectivity index (χ2v) is 5.38. The van der Waals surface area contributed by atoms with Gasteiger partial charge in [0, 0.05) is 29.6 Å². The molecule has 0 saturated heterocycles. The van der Waals surface area contributed by atoms with Crippen LogP contribution in [-0.4, -0.2) is 28.2 Å². The molecular formula is C17H20N4O4. The summed E-state index contributed by atoms with van der Waals surface area (Å²) in [5.74, 6) is -0.461. The van der Waals surface area contributed by atoms with Crippen molar-refractivity contribution in [2.24, 2.45) is 5.10 Å². The number of ether oxygens (including phenoxy) is 1. The van der Waals surface area contributed by atoms with Crippen molar-refractivity contribution in [3.63, 3.8) is 0 Å². The van der Waals surface area contributed by atoms with Crippen molar-refractivity contribution in [2.45, 2.75) is 27.3 Å². The summed E-state index contributed by atoms with van der Waals surface area (Å²) in [4.78, 5) is 22.1. The van der Waals surface area contributed by atoms with Crippen molar-refractivity contribution < 1.29 is 14.5 Å². The third-order valence-corrected chi connectivity index (χ3v) is 3.74. The number of nitrogens with one attached hydrogen (secondary N) is 1. The SMILES string of the molecule is CCn1c(C)cc(/C=N/NC(=O)COc2ccccc2[N+](=O)[O-])c1C. The zero-order chi connectivity index (χ0) is 18.4. The molecule has 25 heavy (non-hydrogen) atoms. The number of nitro benzene ring substituents is 1. The van der Waals surface area contributed by atoms with Gasteiger partial charge in [-0.15, -0.1) is 0 Å². The molecule has 2 rings (SSSR count). The van der Waals surface area contributed by atoms with Gasteiger partial charge in [0.2, 0.25) is 0 Å². The second kappa shape index (κ2) is 8.09. The van der Waals surface area contributed by atoms with Gasteiger partial charge in [0.15, 0.2) is 12.4 Å². The van der Waals surface area contributed by atoms with Gasteiger partial charge in [-0.2, -0.15) is 5.10 Å². The van der Waals surface area contributed by atoms with Gasteiger partial charge in [-0.05, 0) is 32.9 Å². The monoisotopic (exact) mass is 344 g/mol. The van der Waals surface area contributed by atoms with Crippen LogP contribution >= 0.6 is 0 Å². The molecule has 0 radical (unpaired) electrons. The van der Waals surface area contributed by atoms with Crippen LogP contribution in [0.1, 0.15) is 23.9 Å². The summed E-state index contributed by atoms with van der Waals surface area (Å²) in [6.07, 6.45) is 1.57. The molecule has 0 bridgehead atoms. The average molecular weight is 344 g/mol. The van der Waals surface area contributed by atoms with Gasteiger partial charge in [0.1, 0.15) is 0 Å². The largest absolute Gasteiger partial charge is 0.477 e. The van der Waals surface area contributed by atoms with E-state index >= 15 is 0 Å². The number of carbonyl (C=O) groups is 1. The highest BCUT2D eigenvalue weighted by atomic mass is 16.6. The lowest BCUT2D eigenvalue weighted by molar-refractivity contribution is -0.385. The van der Waals surface area contributed by atoms with Gasteiger partial charge in [0.05, 0.1) is 11.1 Å². The predicted molar refractivity (Wildman–Crippen MR) is 93.9 cm³/mol. The molecule has 0 unspecified atom stereocenters. The Balaban J connectivity index is 1.92. The fourth-order valence-corrected chi connectivity index (χ4v) is 2.52. The number of aryl methyl sites for hydroxylation is 1. The fourth-order valence-electron chi connectivity index (χ4n) is 2.52. The van der Waals surface area contributed by atoms with Gasteiger partial charge >= 0.3 is 5.69 Å². The molecule has 0 fully saturated rings. The van der Waals surface area contributed by atoms with E-state index in [4.69, 9.17) is 4.74 Å². The van der Waals surface area contributed by atoms with Crippen molar-refractivity contribution >= 4 is 17.8 Å². The highest BCUT2D eigenvalue weighted by molar-refractivity contribution is 5.84. The van der Waals surface area contributed by atoms with Crippen molar-refractivity contribution in [3.05, 3.63) is 57.4 Å². The van der Waals surface area contributed by atoms with E-state index in [1.165, 1.54) is 18.2 Å². The van der Waals surface area contributed by atoms with Gasteiger partial charge in [-0.25, -0.2) is 5.43 Å². The Morgan fingerprint density at radius 3 is 2.76 bits per heavy atom. The number of nitro groups is 1. The van der Waals surface area contributed by atoms with Crippen LogP contribution in [0.5, 0.6) is 5.75 Å². The Hall–Kier alpha value is -3.16. The highest BCUT2D eigenvalue weighted by Gasteiger charge is 2.14. The number of carbonyl (C=O) groups excluding carboxylic acids is 1. The average Bonchev–Trinajstić information content (AvgIpc) is 2.86. The van der Waals surface area contributed by atoms with E-state index in [1.54, 1.807) is 12.3 Å². The van der Waals surface area contributed by atoms with E-state index < -0.39 is 10.8 Å². The quantitative estimate of drug-likeness (QED) is 0.474. The van der Waals surface area contributed by atoms with Crippen molar-refractivity contribution in [1.29, 1.82) is 0 Å². The number of aromatic nitrogens is 1. The molecule has 8 nitrogen and oxygen atoms in total. The second-order valence-electron chi connectivity index (χ2n) is 5.38. The molecule has 1 aromatic carbocycles. The van der Waals surface area contributed by atoms with E-state index in [2.05, 4.69) is 22.0 Å². The normalized spacial score (nSPS) is 10.8. The minimum atomic E-state index is -0.561. The molecule has 1 heterocycles. The minimum absolute atomic E-state index is 0.0399. The molecule has 1 N–H and O–H groups in total. The minimum Gasteiger partial charge on any atom is -0.477 e. The fraction of sp³-hybridized carbons (Fsp3) is 0.294. The zero-order valence-electron chi connectivity index (χ0n) is 14.4. The summed E-state index contributed by atoms with van der Waals surface area (Å²) in [6, 6.07) is 7.87. The summed E-state index contributed by atoms with van der Waals surface area (Å²) in [5, 5.41) is 14.8. The van der Waals surface area contributed by atoms with Crippen molar-refractivity contribution in [2.75, 3.05) is 6.61 Å². The molecule has 0 aliphatic carbocycles. The number of hydrogen-bond donors (Lipinski definition) is 1. The van der Waals surface area contributed by atoms with Crippen LogP contribution in [0.3, 0.4) is 0 Å². The molecule has 0 spiro atoms. The van der Waals surface area contributed by atoms with Gasteiger partial charge in [-0.1, -0.05) is 12.1 Å². The Bertz CT molecular complexity index is 811. The van der Waals surface area contributed by atoms with Crippen LogP contribution in [0.15, 0.2) is 35.4 Å². The summed E-state index contributed by atoms with van der Waals surface area (Å²) in [6.45, 7) is 6.55. The number of amides is 1. The first-order chi connectivity index (χ1) is 11.9.